The van der Waals surface area contributed by atoms with Crippen LogP contribution < -0.4 is 4.74 Å². The molecular weight excluding hydrogens is 329 g/mol. The fraction of sp³-hybridized carbons (Fsp3) is 0.409. The lowest BCUT2D eigenvalue weighted by Gasteiger charge is -2.30. The highest BCUT2D eigenvalue weighted by molar-refractivity contribution is 5.77. The Balaban J connectivity index is 1.65. The molecule has 4 heteroatoms. The molecule has 138 valence electrons. The molecule has 0 bridgehead atoms. The smallest absolute Gasteiger partial charge is 0.223 e. The van der Waals surface area contributed by atoms with Crippen molar-refractivity contribution in [2.75, 3.05) is 7.11 Å². The zero-order chi connectivity index (χ0) is 18.5. The predicted molar refractivity (Wildman–Crippen MR) is 100 cm³/mol. The second-order valence-corrected chi connectivity index (χ2v) is 7.07. The van der Waals surface area contributed by atoms with Crippen molar-refractivity contribution in [1.82, 2.24) is 4.90 Å². The molecule has 3 nitrogen and oxygen atoms in total. The molecule has 1 aliphatic rings. The number of benzene rings is 2. The molecule has 0 radical (unpaired) electrons. The SMILES string of the molecule is COc1ccc(CN(C(=O)CCc2ccc(F)cc2)C(C)C2CC2)cc1. The molecule has 1 fully saturated rings. The van der Waals surface area contributed by atoms with Gasteiger partial charge in [-0.2, -0.15) is 0 Å². The number of carbonyl (C=O) groups is 1. The number of hydrogen-bond acceptors (Lipinski definition) is 2. The molecule has 0 saturated heterocycles. The van der Waals surface area contributed by atoms with E-state index in [9.17, 15) is 9.18 Å². The number of hydrogen-bond donors (Lipinski definition) is 0. The van der Waals surface area contributed by atoms with E-state index in [1.54, 1.807) is 19.2 Å². The Labute approximate surface area is 154 Å². The first-order valence-electron chi connectivity index (χ1n) is 9.23. The van der Waals surface area contributed by atoms with Gasteiger partial charge in [0.15, 0.2) is 0 Å². The van der Waals surface area contributed by atoms with Gasteiger partial charge in [-0.3, -0.25) is 4.79 Å². The Morgan fingerprint density at radius 1 is 1.12 bits per heavy atom. The first-order chi connectivity index (χ1) is 12.6. The summed E-state index contributed by atoms with van der Waals surface area (Å²) in [6.07, 6.45) is 3.48. The fourth-order valence-electron chi connectivity index (χ4n) is 3.27. The summed E-state index contributed by atoms with van der Waals surface area (Å²) in [6.45, 7) is 2.76. The Kier molecular flexibility index (Phi) is 5.92. The standard InChI is InChI=1S/C22H26FNO2/c1-16(19-8-9-19)24(15-18-5-12-21(26-2)13-6-18)22(25)14-7-17-3-10-20(23)11-4-17/h3-6,10-13,16,19H,7-9,14-15H2,1-2H3. The minimum atomic E-state index is -0.247. The van der Waals surface area contributed by atoms with Crippen LogP contribution in [0.5, 0.6) is 5.75 Å². The number of halogens is 1. The third-order valence-electron chi connectivity index (χ3n) is 5.17. The van der Waals surface area contributed by atoms with Crippen molar-refractivity contribution in [3.8, 4) is 5.75 Å². The van der Waals surface area contributed by atoms with Crippen LogP contribution in [0.2, 0.25) is 0 Å². The number of carbonyl (C=O) groups excluding carboxylic acids is 1. The zero-order valence-electron chi connectivity index (χ0n) is 15.5. The largest absolute Gasteiger partial charge is 0.497 e. The summed E-state index contributed by atoms with van der Waals surface area (Å²) in [5.74, 6) is 1.34. The van der Waals surface area contributed by atoms with E-state index in [0.717, 1.165) is 16.9 Å². The summed E-state index contributed by atoms with van der Waals surface area (Å²) in [5.41, 5.74) is 2.09. The van der Waals surface area contributed by atoms with Crippen LogP contribution in [-0.4, -0.2) is 24.0 Å². The number of aryl methyl sites for hydroxylation is 1. The molecule has 1 atom stereocenters. The molecule has 0 aromatic heterocycles. The van der Waals surface area contributed by atoms with E-state index < -0.39 is 0 Å². The minimum absolute atomic E-state index is 0.157. The molecule has 1 saturated carbocycles. The first kappa shape index (κ1) is 18.4. The van der Waals surface area contributed by atoms with Gasteiger partial charge >= 0.3 is 0 Å². The van der Waals surface area contributed by atoms with Crippen LogP contribution in [0.25, 0.3) is 0 Å². The van der Waals surface area contributed by atoms with Gasteiger partial charge in [0.25, 0.3) is 0 Å². The van der Waals surface area contributed by atoms with E-state index in [-0.39, 0.29) is 17.8 Å². The van der Waals surface area contributed by atoms with Gasteiger partial charge in [-0.15, -0.1) is 0 Å². The van der Waals surface area contributed by atoms with Crippen molar-refractivity contribution in [2.24, 2.45) is 5.92 Å². The topological polar surface area (TPSA) is 29.5 Å². The normalized spacial score (nSPS) is 14.7. The van der Waals surface area contributed by atoms with Crippen molar-refractivity contribution in [3.63, 3.8) is 0 Å². The first-order valence-corrected chi connectivity index (χ1v) is 9.23. The van der Waals surface area contributed by atoms with Gasteiger partial charge in [0.1, 0.15) is 11.6 Å². The maximum atomic E-state index is 13.0. The monoisotopic (exact) mass is 355 g/mol. The van der Waals surface area contributed by atoms with Crippen molar-refractivity contribution in [2.45, 2.75) is 45.2 Å². The fourth-order valence-corrected chi connectivity index (χ4v) is 3.27. The quantitative estimate of drug-likeness (QED) is 0.693. The number of ether oxygens (including phenoxy) is 1. The summed E-state index contributed by atoms with van der Waals surface area (Å²) in [7, 11) is 1.65. The summed E-state index contributed by atoms with van der Waals surface area (Å²) in [4.78, 5) is 14.9. The van der Waals surface area contributed by atoms with Crippen molar-refractivity contribution in [1.29, 1.82) is 0 Å². The van der Waals surface area contributed by atoms with Crippen LogP contribution in [-0.2, 0) is 17.8 Å². The van der Waals surface area contributed by atoms with E-state index in [2.05, 4.69) is 6.92 Å². The van der Waals surface area contributed by atoms with Crippen LogP contribution in [0.1, 0.15) is 37.3 Å². The molecule has 0 N–H and O–H groups in total. The van der Waals surface area contributed by atoms with Crippen LogP contribution >= 0.6 is 0 Å². The summed E-state index contributed by atoms with van der Waals surface area (Å²) in [5, 5.41) is 0. The lowest BCUT2D eigenvalue weighted by atomic mass is 10.1. The van der Waals surface area contributed by atoms with E-state index >= 15 is 0 Å². The second-order valence-electron chi connectivity index (χ2n) is 7.07. The third-order valence-corrected chi connectivity index (χ3v) is 5.17. The van der Waals surface area contributed by atoms with Gasteiger partial charge in [-0.1, -0.05) is 24.3 Å². The second kappa shape index (κ2) is 8.35. The summed E-state index contributed by atoms with van der Waals surface area (Å²) >= 11 is 0. The van der Waals surface area contributed by atoms with Gasteiger partial charge in [0, 0.05) is 19.0 Å². The van der Waals surface area contributed by atoms with Gasteiger partial charge in [0.2, 0.25) is 5.91 Å². The highest BCUT2D eigenvalue weighted by Crippen LogP contribution is 2.36. The maximum Gasteiger partial charge on any atom is 0.223 e. The average Bonchev–Trinajstić information content (AvgIpc) is 3.50. The molecule has 2 aromatic rings. The molecule has 0 aliphatic heterocycles. The highest BCUT2D eigenvalue weighted by atomic mass is 19.1. The lowest BCUT2D eigenvalue weighted by Crippen LogP contribution is -2.39. The average molecular weight is 355 g/mol. The van der Waals surface area contributed by atoms with E-state index in [1.165, 1.54) is 25.0 Å². The molecule has 0 spiro atoms. The number of amides is 1. The molecule has 26 heavy (non-hydrogen) atoms. The molecule has 0 heterocycles. The highest BCUT2D eigenvalue weighted by Gasteiger charge is 2.34. The molecular formula is C22H26FNO2. The van der Waals surface area contributed by atoms with Gasteiger partial charge in [0.05, 0.1) is 7.11 Å². The van der Waals surface area contributed by atoms with Crippen LogP contribution in [0.15, 0.2) is 48.5 Å². The van der Waals surface area contributed by atoms with Crippen molar-refractivity contribution in [3.05, 3.63) is 65.5 Å². The van der Waals surface area contributed by atoms with E-state index in [0.29, 0.717) is 25.3 Å². The van der Waals surface area contributed by atoms with Gasteiger partial charge < -0.3 is 9.64 Å². The lowest BCUT2D eigenvalue weighted by molar-refractivity contribution is -0.134. The van der Waals surface area contributed by atoms with Crippen LogP contribution in [0.3, 0.4) is 0 Å². The molecule has 1 unspecified atom stereocenters. The van der Waals surface area contributed by atoms with Crippen molar-refractivity contribution >= 4 is 5.91 Å². The van der Waals surface area contributed by atoms with Crippen LogP contribution in [0, 0.1) is 11.7 Å². The zero-order valence-corrected chi connectivity index (χ0v) is 15.5. The third kappa shape index (κ3) is 4.84. The Hall–Kier alpha value is -2.36. The molecule has 1 amide bonds. The molecule has 3 rings (SSSR count). The number of rotatable bonds is 8. The van der Waals surface area contributed by atoms with E-state index in [1.807, 2.05) is 29.2 Å². The van der Waals surface area contributed by atoms with Gasteiger partial charge in [-0.05, 0) is 67.5 Å². The Morgan fingerprint density at radius 2 is 1.73 bits per heavy atom. The van der Waals surface area contributed by atoms with Gasteiger partial charge in [-0.25, -0.2) is 4.39 Å². The summed E-state index contributed by atoms with van der Waals surface area (Å²) < 4.78 is 18.2. The number of methoxy groups -OCH3 is 1. The van der Waals surface area contributed by atoms with Crippen molar-refractivity contribution < 1.29 is 13.9 Å². The predicted octanol–water partition coefficient (Wildman–Crippen LogP) is 4.59. The maximum absolute atomic E-state index is 13.0. The molecule has 1 aliphatic carbocycles. The minimum Gasteiger partial charge on any atom is -0.497 e. The number of nitrogens with zero attached hydrogens (tertiary/aromatic N) is 1. The summed E-state index contributed by atoms with van der Waals surface area (Å²) in [6, 6.07) is 14.5. The molecule has 2 aromatic carbocycles. The Morgan fingerprint density at radius 3 is 2.31 bits per heavy atom. The Bertz CT molecular complexity index is 723. The van der Waals surface area contributed by atoms with E-state index in [4.69, 9.17) is 4.74 Å². The van der Waals surface area contributed by atoms with Crippen LogP contribution in [0.4, 0.5) is 4.39 Å².